The van der Waals surface area contributed by atoms with Crippen molar-refractivity contribution in [3.8, 4) is 5.75 Å². The van der Waals surface area contributed by atoms with Crippen molar-refractivity contribution in [3.63, 3.8) is 0 Å². The molecule has 1 aromatic rings. The number of hydrogen-bond donors (Lipinski definition) is 1. The zero-order valence-corrected chi connectivity index (χ0v) is 15.8. The van der Waals surface area contributed by atoms with E-state index in [4.69, 9.17) is 9.84 Å². The largest absolute Gasteiger partial charge is 0.487 e. The van der Waals surface area contributed by atoms with Gasteiger partial charge in [0.1, 0.15) is 5.78 Å². The SMILES string of the molecule is C[C@]12CC[C@H]3c4ccc(OCCCO)c([N+](=O)[O-])c4CC[C@@H]3[C@@H]1CCC2=O. The molecule has 0 aliphatic heterocycles. The monoisotopic (exact) mass is 373 g/mol. The Morgan fingerprint density at radius 1 is 1.30 bits per heavy atom. The number of nitro benzene ring substituents is 1. The summed E-state index contributed by atoms with van der Waals surface area (Å²) in [6, 6.07) is 3.73. The fourth-order valence-corrected chi connectivity index (χ4v) is 5.96. The van der Waals surface area contributed by atoms with Crippen LogP contribution in [-0.4, -0.2) is 29.0 Å². The number of ketones is 1. The van der Waals surface area contributed by atoms with E-state index in [1.165, 1.54) is 0 Å². The van der Waals surface area contributed by atoms with Gasteiger partial charge in [-0.25, -0.2) is 0 Å². The molecule has 0 spiro atoms. The number of aliphatic hydroxyl groups is 1. The van der Waals surface area contributed by atoms with E-state index in [1.807, 2.05) is 6.07 Å². The van der Waals surface area contributed by atoms with Crippen LogP contribution in [0.15, 0.2) is 12.1 Å². The van der Waals surface area contributed by atoms with Crippen LogP contribution in [0.2, 0.25) is 0 Å². The lowest BCUT2D eigenvalue weighted by atomic mass is 9.55. The Bertz CT molecular complexity index is 776. The molecule has 0 unspecified atom stereocenters. The van der Waals surface area contributed by atoms with E-state index in [-0.39, 0.29) is 29.2 Å². The van der Waals surface area contributed by atoms with Crippen molar-refractivity contribution < 1.29 is 19.6 Å². The Kier molecular flexibility index (Phi) is 4.70. The van der Waals surface area contributed by atoms with Gasteiger partial charge in [0.25, 0.3) is 0 Å². The number of fused-ring (bicyclic) bond motifs is 5. The Morgan fingerprint density at radius 3 is 2.85 bits per heavy atom. The van der Waals surface area contributed by atoms with E-state index in [9.17, 15) is 14.9 Å². The van der Waals surface area contributed by atoms with Crippen molar-refractivity contribution in [2.75, 3.05) is 13.2 Å². The highest BCUT2D eigenvalue weighted by atomic mass is 16.6. The maximum absolute atomic E-state index is 12.4. The van der Waals surface area contributed by atoms with Gasteiger partial charge in [0.15, 0.2) is 5.75 Å². The number of aliphatic hydroxyl groups excluding tert-OH is 1. The number of nitrogens with zero attached hydrogens (tertiary/aromatic N) is 1. The second kappa shape index (κ2) is 6.89. The van der Waals surface area contributed by atoms with Crippen molar-refractivity contribution in [1.82, 2.24) is 0 Å². The first-order valence-electron chi connectivity index (χ1n) is 10.0. The molecule has 0 heterocycles. The van der Waals surface area contributed by atoms with Crippen molar-refractivity contribution in [2.24, 2.45) is 17.3 Å². The Labute approximate surface area is 159 Å². The fraction of sp³-hybridized carbons (Fsp3) is 0.667. The van der Waals surface area contributed by atoms with Crippen LogP contribution in [0.1, 0.15) is 62.5 Å². The molecule has 0 aromatic heterocycles. The molecular weight excluding hydrogens is 346 g/mol. The molecule has 0 bridgehead atoms. The maximum atomic E-state index is 12.4. The third-order valence-corrected chi connectivity index (χ3v) is 7.30. The average molecular weight is 373 g/mol. The van der Waals surface area contributed by atoms with Gasteiger partial charge in [-0.1, -0.05) is 13.0 Å². The van der Waals surface area contributed by atoms with Crippen LogP contribution in [0.5, 0.6) is 5.75 Å². The first-order valence-corrected chi connectivity index (χ1v) is 10.0. The molecule has 4 rings (SSSR count). The van der Waals surface area contributed by atoms with Gasteiger partial charge in [-0.2, -0.15) is 0 Å². The molecule has 0 radical (unpaired) electrons. The third-order valence-electron chi connectivity index (χ3n) is 7.30. The minimum Gasteiger partial charge on any atom is -0.487 e. The van der Waals surface area contributed by atoms with E-state index < -0.39 is 0 Å². The zero-order chi connectivity index (χ0) is 19.2. The van der Waals surface area contributed by atoms with Gasteiger partial charge in [0.05, 0.1) is 11.5 Å². The molecule has 27 heavy (non-hydrogen) atoms. The normalized spacial score (nSPS) is 31.8. The molecule has 1 aromatic carbocycles. The lowest BCUT2D eigenvalue weighted by Crippen LogP contribution is -2.42. The average Bonchev–Trinajstić information content (AvgIpc) is 2.96. The summed E-state index contributed by atoms with van der Waals surface area (Å²) in [6.07, 6.45) is 5.51. The molecule has 6 heteroatoms. The molecule has 0 saturated heterocycles. The molecule has 2 saturated carbocycles. The third kappa shape index (κ3) is 2.85. The maximum Gasteiger partial charge on any atom is 0.314 e. The van der Waals surface area contributed by atoms with Gasteiger partial charge in [-0.15, -0.1) is 0 Å². The number of carbonyl (C=O) groups excluding carboxylic acids is 1. The zero-order valence-electron chi connectivity index (χ0n) is 15.8. The highest BCUT2D eigenvalue weighted by Crippen LogP contribution is 2.60. The molecule has 4 atom stereocenters. The molecule has 146 valence electrons. The molecule has 0 amide bonds. The van der Waals surface area contributed by atoms with E-state index >= 15 is 0 Å². The minimum atomic E-state index is -0.320. The van der Waals surface area contributed by atoms with Crippen molar-refractivity contribution >= 4 is 11.5 Å². The Hall–Kier alpha value is -1.95. The lowest BCUT2D eigenvalue weighted by Gasteiger charge is -2.48. The van der Waals surface area contributed by atoms with Crippen LogP contribution in [-0.2, 0) is 11.2 Å². The Morgan fingerprint density at radius 2 is 2.11 bits per heavy atom. The first-order chi connectivity index (χ1) is 13.0. The van der Waals surface area contributed by atoms with Crippen molar-refractivity contribution in [3.05, 3.63) is 33.4 Å². The van der Waals surface area contributed by atoms with Gasteiger partial charge in [-0.05, 0) is 61.5 Å². The summed E-state index contributed by atoms with van der Waals surface area (Å²) < 4.78 is 5.59. The number of rotatable bonds is 5. The summed E-state index contributed by atoms with van der Waals surface area (Å²) in [5.74, 6) is 1.89. The van der Waals surface area contributed by atoms with Gasteiger partial charge in [0, 0.05) is 30.4 Å². The van der Waals surface area contributed by atoms with Crippen LogP contribution in [0.3, 0.4) is 0 Å². The highest BCUT2D eigenvalue weighted by Gasteiger charge is 2.55. The minimum absolute atomic E-state index is 0.00136. The number of hydrogen-bond acceptors (Lipinski definition) is 5. The first kappa shape index (κ1) is 18.4. The lowest BCUT2D eigenvalue weighted by molar-refractivity contribution is -0.386. The van der Waals surface area contributed by atoms with E-state index in [0.717, 1.165) is 36.8 Å². The van der Waals surface area contributed by atoms with Gasteiger partial charge < -0.3 is 9.84 Å². The topological polar surface area (TPSA) is 89.7 Å². The van der Waals surface area contributed by atoms with Crippen LogP contribution >= 0.6 is 0 Å². The van der Waals surface area contributed by atoms with Crippen LogP contribution in [0.4, 0.5) is 5.69 Å². The summed E-state index contributed by atoms with van der Waals surface area (Å²) in [6.45, 7) is 2.41. The molecule has 3 aliphatic carbocycles. The smallest absolute Gasteiger partial charge is 0.314 e. The summed E-state index contributed by atoms with van der Waals surface area (Å²) in [4.78, 5) is 23.9. The van der Waals surface area contributed by atoms with Gasteiger partial charge >= 0.3 is 5.69 Å². The number of ether oxygens (including phenoxy) is 1. The molecule has 3 aliphatic rings. The number of carbonyl (C=O) groups is 1. The molecular formula is C21H27NO5. The molecule has 1 N–H and O–H groups in total. The van der Waals surface area contributed by atoms with E-state index in [1.54, 1.807) is 6.07 Å². The second-order valence-electron chi connectivity index (χ2n) is 8.50. The summed E-state index contributed by atoms with van der Waals surface area (Å²) in [5.41, 5.74) is 1.82. The van der Waals surface area contributed by atoms with E-state index in [0.29, 0.717) is 48.5 Å². The van der Waals surface area contributed by atoms with E-state index in [2.05, 4.69) is 6.92 Å². The molecule has 6 nitrogen and oxygen atoms in total. The number of benzene rings is 1. The number of Topliss-reactive ketones (excluding diaryl/α,β-unsaturated/α-hetero) is 1. The fourth-order valence-electron chi connectivity index (χ4n) is 5.96. The van der Waals surface area contributed by atoms with Crippen LogP contribution in [0, 0.1) is 27.4 Å². The van der Waals surface area contributed by atoms with Crippen molar-refractivity contribution in [2.45, 2.75) is 57.8 Å². The second-order valence-corrected chi connectivity index (χ2v) is 8.50. The predicted octanol–water partition coefficient (Wildman–Crippen LogP) is 3.78. The summed E-state index contributed by atoms with van der Waals surface area (Å²) in [5, 5.41) is 20.7. The summed E-state index contributed by atoms with van der Waals surface area (Å²) >= 11 is 0. The van der Waals surface area contributed by atoms with Gasteiger partial charge in [0.2, 0.25) is 0 Å². The van der Waals surface area contributed by atoms with Crippen LogP contribution in [0.25, 0.3) is 0 Å². The molecule has 2 fully saturated rings. The number of nitro groups is 1. The predicted molar refractivity (Wildman–Crippen MR) is 99.9 cm³/mol. The quantitative estimate of drug-likeness (QED) is 0.482. The van der Waals surface area contributed by atoms with Gasteiger partial charge in [-0.3, -0.25) is 14.9 Å². The Balaban J connectivity index is 1.68. The summed E-state index contributed by atoms with van der Waals surface area (Å²) in [7, 11) is 0. The standard InChI is InChI=1S/C21H27NO5/c1-21-10-9-14-13-5-7-18(27-12-2-11-23)20(22(25)26)16(13)4-3-15(14)17(21)6-8-19(21)24/h5,7,14-15,17,23H,2-4,6,8-12H2,1H3/t14-,15-,17-,21-/m0/s1. The van der Waals surface area contributed by atoms with Crippen molar-refractivity contribution in [1.29, 1.82) is 0 Å². The van der Waals surface area contributed by atoms with Crippen LogP contribution < -0.4 is 4.74 Å². The highest BCUT2D eigenvalue weighted by molar-refractivity contribution is 5.87.